The molecule has 2 heterocycles. The number of aryl methyl sites for hydroxylation is 1. The average molecular weight is 440 g/mol. The number of rotatable bonds is 8. The lowest BCUT2D eigenvalue weighted by molar-refractivity contribution is -0.384. The third kappa shape index (κ3) is 5.45. The molecule has 1 amide bonds. The van der Waals surface area contributed by atoms with Gasteiger partial charge in [0.05, 0.1) is 22.3 Å². The first kappa shape index (κ1) is 22.0. The van der Waals surface area contributed by atoms with Gasteiger partial charge >= 0.3 is 5.76 Å². The zero-order valence-corrected chi connectivity index (χ0v) is 17.5. The topological polar surface area (TPSA) is 136 Å². The zero-order valence-electron chi connectivity index (χ0n) is 16.7. The Morgan fingerprint density at radius 1 is 1.20 bits per heavy atom. The standard InChI is InChI=1S/C18H24N4O7S/c1-30(27,28)12-11-19-7-9-20(10-8-19)17(23)3-2-6-21-15-5-4-14(22(25)26)13-16(15)29-18(21)24/h4-5,13H,2-3,6-12H2,1H3. The molecule has 12 heteroatoms. The van der Waals surface area contributed by atoms with Gasteiger partial charge in [-0.3, -0.25) is 24.4 Å². The van der Waals surface area contributed by atoms with E-state index >= 15 is 0 Å². The van der Waals surface area contributed by atoms with Gasteiger partial charge in [-0.15, -0.1) is 0 Å². The number of piperazine rings is 1. The summed E-state index contributed by atoms with van der Waals surface area (Å²) in [7, 11) is -3.00. The summed E-state index contributed by atoms with van der Waals surface area (Å²) in [5.74, 6) is -0.524. The van der Waals surface area contributed by atoms with Crippen molar-refractivity contribution in [1.82, 2.24) is 14.4 Å². The number of nitro groups is 1. The SMILES string of the molecule is CS(=O)(=O)CCN1CCN(C(=O)CCCn2c(=O)oc3cc([N+](=O)[O-])ccc32)CC1. The predicted molar refractivity (Wildman–Crippen MR) is 109 cm³/mol. The molecule has 1 aromatic carbocycles. The summed E-state index contributed by atoms with van der Waals surface area (Å²) < 4.78 is 29.0. The van der Waals surface area contributed by atoms with Crippen molar-refractivity contribution in [3.63, 3.8) is 0 Å². The first-order valence-electron chi connectivity index (χ1n) is 9.60. The van der Waals surface area contributed by atoms with E-state index in [0.29, 0.717) is 44.7 Å². The summed E-state index contributed by atoms with van der Waals surface area (Å²) in [5.41, 5.74) is 0.442. The fourth-order valence-electron chi connectivity index (χ4n) is 3.44. The minimum atomic E-state index is -3.00. The molecular weight excluding hydrogens is 416 g/mol. The number of non-ortho nitro benzene ring substituents is 1. The number of carbonyl (C=O) groups excluding carboxylic acids is 1. The first-order chi connectivity index (χ1) is 14.1. The van der Waals surface area contributed by atoms with Crippen LogP contribution in [0.25, 0.3) is 11.1 Å². The Hall–Kier alpha value is -2.73. The Morgan fingerprint density at radius 3 is 2.53 bits per heavy atom. The van der Waals surface area contributed by atoms with Crippen LogP contribution in [-0.2, 0) is 21.2 Å². The summed E-state index contributed by atoms with van der Waals surface area (Å²) in [4.78, 5) is 38.6. The van der Waals surface area contributed by atoms with Gasteiger partial charge in [0.1, 0.15) is 9.84 Å². The summed E-state index contributed by atoms with van der Waals surface area (Å²) in [6.45, 7) is 3.08. The van der Waals surface area contributed by atoms with Crippen molar-refractivity contribution in [2.24, 2.45) is 0 Å². The molecule has 3 rings (SSSR count). The second kappa shape index (κ2) is 8.96. The maximum atomic E-state index is 12.4. The van der Waals surface area contributed by atoms with Crippen LogP contribution in [0, 0.1) is 10.1 Å². The number of nitro benzene ring substituents is 1. The smallest absolute Gasteiger partial charge is 0.407 e. The van der Waals surface area contributed by atoms with E-state index in [0.717, 1.165) is 0 Å². The van der Waals surface area contributed by atoms with E-state index in [2.05, 4.69) is 0 Å². The highest BCUT2D eigenvalue weighted by Gasteiger charge is 2.22. The van der Waals surface area contributed by atoms with Gasteiger partial charge in [0.15, 0.2) is 5.58 Å². The molecule has 1 fully saturated rings. The van der Waals surface area contributed by atoms with Crippen LogP contribution in [0.15, 0.2) is 27.4 Å². The molecular formula is C18H24N4O7S. The Morgan fingerprint density at radius 2 is 1.90 bits per heavy atom. The van der Waals surface area contributed by atoms with E-state index in [4.69, 9.17) is 4.42 Å². The molecule has 0 bridgehead atoms. The second-order valence-electron chi connectivity index (χ2n) is 7.38. The molecule has 0 unspecified atom stereocenters. The lowest BCUT2D eigenvalue weighted by atomic mass is 10.2. The molecule has 0 atom stereocenters. The Labute approximate surface area is 172 Å². The lowest BCUT2D eigenvalue weighted by Crippen LogP contribution is -2.49. The minimum Gasteiger partial charge on any atom is -0.407 e. The molecule has 1 aliphatic rings. The molecule has 164 valence electrons. The number of benzene rings is 1. The molecule has 1 saturated heterocycles. The Kier molecular flexibility index (Phi) is 6.56. The molecule has 0 spiro atoms. The number of carbonyl (C=O) groups is 1. The molecule has 11 nitrogen and oxygen atoms in total. The fraction of sp³-hybridized carbons (Fsp3) is 0.556. The first-order valence-corrected chi connectivity index (χ1v) is 11.7. The normalized spacial score (nSPS) is 15.6. The van der Waals surface area contributed by atoms with E-state index in [-0.39, 0.29) is 35.9 Å². The van der Waals surface area contributed by atoms with E-state index in [1.807, 2.05) is 4.90 Å². The molecule has 2 aromatic rings. The van der Waals surface area contributed by atoms with Crippen LogP contribution in [0.5, 0.6) is 0 Å². The molecule has 0 radical (unpaired) electrons. The van der Waals surface area contributed by atoms with Gasteiger partial charge in [-0.25, -0.2) is 13.2 Å². The molecule has 0 N–H and O–H groups in total. The predicted octanol–water partition coefficient (Wildman–Crippen LogP) is 0.472. The summed E-state index contributed by atoms with van der Waals surface area (Å²) in [5, 5.41) is 10.8. The van der Waals surface area contributed by atoms with E-state index in [9.17, 15) is 28.1 Å². The van der Waals surface area contributed by atoms with Crippen LogP contribution < -0.4 is 5.76 Å². The van der Waals surface area contributed by atoms with Crippen molar-refractivity contribution >= 4 is 32.5 Å². The quantitative estimate of drug-likeness (QED) is 0.427. The van der Waals surface area contributed by atoms with Crippen LogP contribution in [-0.4, -0.2) is 78.3 Å². The van der Waals surface area contributed by atoms with Crippen LogP contribution in [0.1, 0.15) is 12.8 Å². The van der Waals surface area contributed by atoms with Gasteiger partial charge < -0.3 is 9.32 Å². The van der Waals surface area contributed by atoms with Crippen LogP contribution in [0.2, 0.25) is 0 Å². The van der Waals surface area contributed by atoms with E-state index < -0.39 is 20.5 Å². The van der Waals surface area contributed by atoms with Gasteiger partial charge in [-0.1, -0.05) is 0 Å². The lowest BCUT2D eigenvalue weighted by Gasteiger charge is -2.34. The van der Waals surface area contributed by atoms with Gasteiger partial charge in [-0.2, -0.15) is 0 Å². The summed E-state index contributed by atoms with van der Waals surface area (Å²) in [6, 6.07) is 3.99. The molecule has 1 aromatic heterocycles. The van der Waals surface area contributed by atoms with Crippen molar-refractivity contribution in [3.8, 4) is 0 Å². The maximum Gasteiger partial charge on any atom is 0.419 e. The van der Waals surface area contributed by atoms with Crippen LogP contribution in [0.4, 0.5) is 5.69 Å². The monoisotopic (exact) mass is 440 g/mol. The van der Waals surface area contributed by atoms with Crippen LogP contribution in [0.3, 0.4) is 0 Å². The van der Waals surface area contributed by atoms with E-state index in [1.165, 1.54) is 29.0 Å². The van der Waals surface area contributed by atoms with Crippen molar-refractivity contribution < 1.29 is 22.6 Å². The second-order valence-corrected chi connectivity index (χ2v) is 9.64. The molecule has 30 heavy (non-hydrogen) atoms. The van der Waals surface area contributed by atoms with Gasteiger partial charge in [0.25, 0.3) is 5.69 Å². The third-order valence-electron chi connectivity index (χ3n) is 5.14. The molecule has 0 aliphatic carbocycles. The third-order valence-corrected chi connectivity index (χ3v) is 6.06. The largest absolute Gasteiger partial charge is 0.419 e. The fourth-order valence-corrected chi connectivity index (χ4v) is 4.03. The molecule has 0 saturated carbocycles. The maximum absolute atomic E-state index is 12.4. The van der Waals surface area contributed by atoms with Crippen LogP contribution >= 0.6 is 0 Å². The number of nitrogens with zero attached hydrogens (tertiary/aromatic N) is 4. The highest BCUT2D eigenvalue weighted by atomic mass is 32.2. The van der Waals surface area contributed by atoms with Crippen molar-refractivity contribution in [1.29, 1.82) is 0 Å². The number of hydrogen-bond donors (Lipinski definition) is 0. The number of aromatic nitrogens is 1. The zero-order chi connectivity index (χ0) is 21.9. The van der Waals surface area contributed by atoms with Crippen molar-refractivity contribution in [2.75, 3.05) is 44.7 Å². The molecule has 1 aliphatic heterocycles. The average Bonchev–Trinajstić information content (AvgIpc) is 3.00. The Bertz CT molecular complexity index is 1100. The number of oxazole rings is 1. The number of sulfone groups is 1. The van der Waals surface area contributed by atoms with Gasteiger partial charge in [0.2, 0.25) is 5.91 Å². The number of hydrogen-bond acceptors (Lipinski definition) is 8. The van der Waals surface area contributed by atoms with Crippen molar-refractivity contribution in [2.45, 2.75) is 19.4 Å². The summed E-state index contributed by atoms with van der Waals surface area (Å²) >= 11 is 0. The summed E-state index contributed by atoms with van der Waals surface area (Å²) in [6.07, 6.45) is 1.90. The van der Waals surface area contributed by atoms with Crippen molar-refractivity contribution in [3.05, 3.63) is 38.9 Å². The van der Waals surface area contributed by atoms with E-state index in [1.54, 1.807) is 4.90 Å². The van der Waals surface area contributed by atoms with Gasteiger partial charge in [-0.05, 0) is 12.5 Å². The highest BCUT2D eigenvalue weighted by molar-refractivity contribution is 7.90. The number of amides is 1. The Balaban J connectivity index is 1.50. The minimum absolute atomic E-state index is 0.0192. The highest BCUT2D eigenvalue weighted by Crippen LogP contribution is 2.20. The van der Waals surface area contributed by atoms with Gasteiger partial charge in [0, 0.05) is 58.0 Å². The number of fused-ring (bicyclic) bond motifs is 1.